The van der Waals surface area contributed by atoms with Crippen LogP contribution < -0.4 is 5.32 Å². The molecule has 0 aromatic carbocycles. The maximum atomic E-state index is 13.1. The molecule has 126 valence electrons. The highest BCUT2D eigenvalue weighted by Gasteiger charge is 2.35. The fraction of sp³-hybridized carbons (Fsp3) is 0.600. The molecule has 1 aliphatic carbocycles. The van der Waals surface area contributed by atoms with Gasteiger partial charge in [0, 0.05) is 18.3 Å². The number of rotatable bonds is 3. The molecule has 1 saturated carbocycles. The Bertz CT molecular complexity index is 671. The Morgan fingerprint density at radius 3 is 2.48 bits per heavy atom. The average Bonchev–Trinajstić information content (AvgIpc) is 2.93. The number of aromatic nitrogens is 3. The van der Waals surface area contributed by atoms with Gasteiger partial charge in [0.2, 0.25) is 0 Å². The van der Waals surface area contributed by atoms with E-state index in [2.05, 4.69) is 39.3 Å². The smallest absolute Gasteiger partial charge is 0.367 e. The molecule has 2 aromatic heterocycles. The Morgan fingerprint density at radius 2 is 1.87 bits per heavy atom. The fourth-order valence-corrected chi connectivity index (χ4v) is 3.23. The molecule has 2 aromatic rings. The van der Waals surface area contributed by atoms with Crippen molar-refractivity contribution in [1.82, 2.24) is 19.9 Å². The third kappa shape index (κ3) is 3.26. The van der Waals surface area contributed by atoms with Gasteiger partial charge in [-0.05, 0) is 39.8 Å². The van der Waals surface area contributed by atoms with E-state index in [1.807, 2.05) is 0 Å². The molecule has 0 radical (unpaired) electrons. The Labute approximate surface area is 132 Å². The van der Waals surface area contributed by atoms with Gasteiger partial charge in [0.1, 0.15) is 17.8 Å². The summed E-state index contributed by atoms with van der Waals surface area (Å²) in [5.41, 5.74) is -0.519. The Morgan fingerprint density at radius 1 is 1.17 bits per heavy atom. The van der Waals surface area contributed by atoms with Crippen LogP contribution in [0.5, 0.6) is 0 Å². The Hall–Kier alpha value is -1.83. The maximum absolute atomic E-state index is 13.1. The van der Waals surface area contributed by atoms with E-state index in [0.29, 0.717) is 6.04 Å². The van der Waals surface area contributed by atoms with Crippen molar-refractivity contribution in [3.05, 3.63) is 18.1 Å². The van der Waals surface area contributed by atoms with Gasteiger partial charge in [0.25, 0.3) is 0 Å². The maximum Gasteiger partial charge on any atom is 0.418 e. The van der Waals surface area contributed by atoms with Gasteiger partial charge >= 0.3 is 6.18 Å². The minimum Gasteiger partial charge on any atom is -0.367 e. The first kappa shape index (κ1) is 16.0. The van der Waals surface area contributed by atoms with Gasteiger partial charge in [-0.3, -0.25) is 0 Å². The lowest BCUT2D eigenvalue weighted by Gasteiger charge is -2.33. The molecule has 1 fully saturated rings. The van der Waals surface area contributed by atoms with Crippen LogP contribution in [0.2, 0.25) is 0 Å². The number of aromatic amines is 1. The van der Waals surface area contributed by atoms with E-state index in [0.717, 1.165) is 31.9 Å². The summed E-state index contributed by atoms with van der Waals surface area (Å²) in [6, 6.07) is 0.678. The molecule has 0 unspecified atom stereocenters. The molecule has 0 saturated heterocycles. The van der Waals surface area contributed by atoms with Crippen molar-refractivity contribution >= 4 is 16.9 Å². The molecule has 3 rings (SSSR count). The standard InChI is InChI=1S/C15H20F3N5/c1-23(2)10-5-3-9(4-6-10)22-14-12-11(15(16,17)18)7-19-13(12)20-8-21-14/h7-10H,3-6H2,1-2H3,(H2,19,20,21,22)/t9-,10-. The lowest BCUT2D eigenvalue weighted by molar-refractivity contribution is -0.136. The molecule has 23 heavy (non-hydrogen) atoms. The minimum atomic E-state index is -4.43. The summed E-state index contributed by atoms with van der Waals surface area (Å²) < 4.78 is 39.4. The van der Waals surface area contributed by atoms with E-state index in [-0.39, 0.29) is 22.9 Å². The molecular weight excluding hydrogens is 307 g/mol. The topological polar surface area (TPSA) is 56.8 Å². The number of H-pyrrole nitrogens is 1. The van der Waals surface area contributed by atoms with E-state index in [4.69, 9.17) is 0 Å². The largest absolute Gasteiger partial charge is 0.418 e. The number of anilines is 1. The summed E-state index contributed by atoms with van der Waals surface area (Å²) in [6.07, 6.45) is 1.69. The van der Waals surface area contributed by atoms with Crippen molar-refractivity contribution in [2.45, 2.75) is 43.9 Å². The number of nitrogens with one attached hydrogen (secondary N) is 2. The number of hydrogen-bond donors (Lipinski definition) is 2. The summed E-state index contributed by atoms with van der Waals surface area (Å²) >= 11 is 0. The first-order valence-electron chi connectivity index (χ1n) is 7.68. The highest BCUT2D eigenvalue weighted by molar-refractivity contribution is 5.90. The SMILES string of the molecule is CN(C)[C@H]1CC[C@H](Nc2ncnc3[nH]cc(C(F)(F)F)c23)CC1. The Balaban J connectivity index is 1.82. The number of nitrogens with zero attached hydrogens (tertiary/aromatic N) is 3. The molecular formula is C15H20F3N5. The molecule has 0 bridgehead atoms. The number of fused-ring (bicyclic) bond motifs is 1. The van der Waals surface area contributed by atoms with Crippen LogP contribution in [0.3, 0.4) is 0 Å². The second-order valence-corrected chi connectivity index (χ2v) is 6.26. The molecule has 8 heteroatoms. The van der Waals surface area contributed by atoms with Crippen LogP contribution in [0.25, 0.3) is 11.0 Å². The third-order valence-electron chi connectivity index (χ3n) is 4.54. The number of halogens is 3. The molecule has 0 spiro atoms. The average molecular weight is 327 g/mol. The predicted octanol–water partition coefficient (Wildman–Crippen LogP) is 3.26. The van der Waals surface area contributed by atoms with E-state index in [1.54, 1.807) is 0 Å². The summed E-state index contributed by atoms with van der Waals surface area (Å²) in [5, 5.41) is 3.22. The minimum absolute atomic E-state index is 0.0229. The highest BCUT2D eigenvalue weighted by Crippen LogP contribution is 2.37. The summed E-state index contributed by atoms with van der Waals surface area (Å²) in [7, 11) is 4.11. The molecule has 5 nitrogen and oxygen atoms in total. The van der Waals surface area contributed by atoms with Crippen LogP contribution in [0.4, 0.5) is 19.0 Å². The van der Waals surface area contributed by atoms with Gasteiger partial charge in [-0.15, -0.1) is 0 Å². The van der Waals surface area contributed by atoms with E-state index >= 15 is 0 Å². The third-order valence-corrected chi connectivity index (χ3v) is 4.54. The van der Waals surface area contributed by atoms with Crippen molar-refractivity contribution in [3.63, 3.8) is 0 Å². The van der Waals surface area contributed by atoms with Crippen molar-refractivity contribution in [1.29, 1.82) is 0 Å². The number of alkyl halides is 3. The predicted molar refractivity (Wildman–Crippen MR) is 82.2 cm³/mol. The molecule has 1 aliphatic rings. The van der Waals surface area contributed by atoms with Gasteiger partial charge in [-0.25, -0.2) is 9.97 Å². The zero-order valence-electron chi connectivity index (χ0n) is 13.1. The van der Waals surface area contributed by atoms with Crippen molar-refractivity contribution < 1.29 is 13.2 Å². The van der Waals surface area contributed by atoms with Crippen molar-refractivity contribution in [2.75, 3.05) is 19.4 Å². The number of hydrogen-bond acceptors (Lipinski definition) is 4. The monoisotopic (exact) mass is 327 g/mol. The normalized spacial score (nSPS) is 22.7. The lowest BCUT2D eigenvalue weighted by Crippen LogP contribution is -2.36. The van der Waals surface area contributed by atoms with Gasteiger partial charge < -0.3 is 15.2 Å². The van der Waals surface area contributed by atoms with Crippen LogP contribution >= 0.6 is 0 Å². The van der Waals surface area contributed by atoms with Crippen molar-refractivity contribution in [3.8, 4) is 0 Å². The summed E-state index contributed by atoms with van der Waals surface area (Å²) in [5.74, 6) is 0.261. The first-order chi connectivity index (χ1) is 10.9. The quantitative estimate of drug-likeness (QED) is 0.908. The molecule has 2 N–H and O–H groups in total. The van der Waals surface area contributed by atoms with E-state index < -0.39 is 11.7 Å². The van der Waals surface area contributed by atoms with Crippen molar-refractivity contribution in [2.24, 2.45) is 0 Å². The van der Waals surface area contributed by atoms with Gasteiger partial charge in [-0.1, -0.05) is 0 Å². The van der Waals surface area contributed by atoms with Gasteiger partial charge in [0.15, 0.2) is 0 Å². The Kier molecular flexibility index (Phi) is 4.18. The summed E-state index contributed by atoms with van der Waals surface area (Å²) in [6.45, 7) is 0. The zero-order chi connectivity index (χ0) is 16.6. The first-order valence-corrected chi connectivity index (χ1v) is 7.68. The molecule has 0 amide bonds. The fourth-order valence-electron chi connectivity index (χ4n) is 3.23. The van der Waals surface area contributed by atoms with Gasteiger partial charge in [-0.2, -0.15) is 13.2 Å². The van der Waals surface area contributed by atoms with Crippen LogP contribution in [0, 0.1) is 0 Å². The van der Waals surface area contributed by atoms with Crippen LogP contribution in [-0.4, -0.2) is 46.0 Å². The zero-order valence-corrected chi connectivity index (χ0v) is 13.1. The highest BCUT2D eigenvalue weighted by atomic mass is 19.4. The second kappa shape index (κ2) is 5.99. The molecule has 0 aliphatic heterocycles. The second-order valence-electron chi connectivity index (χ2n) is 6.26. The van der Waals surface area contributed by atoms with Gasteiger partial charge in [0.05, 0.1) is 10.9 Å². The van der Waals surface area contributed by atoms with Crippen LogP contribution in [0.1, 0.15) is 31.2 Å². The molecule has 2 heterocycles. The van der Waals surface area contributed by atoms with Crippen LogP contribution in [0.15, 0.2) is 12.5 Å². The van der Waals surface area contributed by atoms with Crippen LogP contribution in [-0.2, 0) is 6.18 Å². The lowest BCUT2D eigenvalue weighted by atomic mass is 9.90. The molecule has 0 atom stereocenters. The van der Waals surface area contributed by atoms with E-state index in [1.165, 1.54) is 6.33 Å². The van der Waals surface area contributed by atoms with E-state index in [9.17, 15) is 13.2 Å². The summed E-state index contributed by atoms with van der Waals surface area (Å²) in [4.78, 5) is 12.7.